The van der Waals surface area contributed by atoms with Crippen LogP contribution in [0.4, 0.5) is 0 Å². The molecule has 96 valence electrons. The molecule has 1 aromatic rings. The Morgan fingerprint density at radius 3 is 2.83 bits per heavy atom. The molecule has 1 aliphatic heterocycles. The van der Waals surface area contributed by atoms with Gasteiger partial charge >= 0.3 is 0 Å². The molecule has 0 radical (unpaired) electrons. The van der Waals surface area contributed by atoms with E-state index in [-0.39, 0.29) is 17.7 Å². The smallest absolute Gasteiger partial charge is 0.223 e. The van der Waals surface area contributed by atoms with Crippen LogP contribution in [0.5, 0.6) is 0 Å². The molecule has 5 heteroatoms. The number of rotatable bonds is 4. The SMILES string of the molecule is N/C(=N/O)[C@H]1CC(=O)N(CCc2ccccc2)C1. The summed E-state index contributed by atoms with van der Waals surface area (Å²) in [5.41, 5.74) is 6.74. The lowest BCUT2D eigenvalue weighted by Crippen LogP contribution is -2.30. The average molecular weight is 247 g/mol. The van der Waals surface area contributed by atoms with Gasteiger partial charge in [0.2, 0.25) is 5.91 Å². The lowest BCUT2D eigenvalue weighted by molar-refractivity contribution is -0.127. The van der Waals surface area contributed by atoms with Crippen LogP contribution in [0.3, 0.4) is 0 Å². The minimum absolute atomic E-state index is 0.0718. The van der Waals surface area contributed by atoms with Crippen LogP contribution in [-0.4, -0.2) is 34.9 Å². The Hall–Kier alpha value is -2.04. The van der Waals surface area contributed by atoms with Gasteiger partial charge < -0.3 is 15.8 Å². The number of hydrogen-bond donors (Lipinski definition) is 2. The van der Waals surface area contributed by atoms with Crippen LogP contribution in [0.25, 0.3) is 0 Å². The minimum atomic E-state index is -0.154. The summed E-state index contributed by atoms with van der Waals surface area (Å²) < 4.78 is 0. The van der Waals surface area contributed by atoms with Crippen molar-refractivity contribution < 1.29 is 10.0 Å². The molecule has 3 N–H and O–H groups in total. The third kappa shape index (κ3) is 2.80. The molecule has 1 heterocycles. The van der Waals surface area contributed by atoms with Gasteiger partial charge in [0.15, 0.2) is 0 Å². The molecule has 0 bridgehead atoms. The monoisotopic (exact) mass is 247 g/mol. The van der Waals surface area contributed by atoms with E-state index in [0.29, 0.717) is 19.5 Å². The van der Waals surface area contributed by atoms with Gasteiger partial charge in [0, 0.05) is 25.4 Å². The number of carbonyl (C=O) groups excluding carboxylic acids is 1. The molecular weight excluding hydrogens is 230 g/mol. The van der Waals surface area contributed by atoms with E-state index in [1.807, 2.05) is 30.3 Å². The van der Waals surface area contributed by atoms with Crippen molar-refractivity contribution in [3.63, 3.8) is 0 Å². The Morgan fingerprint density at radius 2 is 2.17 bits per heavy atom. The predicted octanol–water partition coefficient (Wildman–Crippen LogP) is 0.824. The highest BCUT2D eigenvalue weighted by Gasteiger charge is 2.31. The fourth-order valence-corrected chi connectivity index (χ4v) is 2.18. The highest BCUT2D eigenvalue weighted by molar-refractivity contribution is 5.91. The summed E-state index contributed by atoms with van der Waals surface area (Å²) >= 11 is 0. The zero-order chi connectivity index (χ0) is 13.0. The van der Waals surface area contributed by atoms with E-state index in [2.05, 4.69) is 5.16 Å². The second-order valence-corrected chi connectivity index (χ2v) is 4.50. The lowest BCUT2D eigenvalue weighted by atomic mass is 10.1. The van der Waals surface area contributed by atoms with Crippen LogP contribution < -0.4 is 5.73 Å². The van der Waals surface area contributed by atoms with Gasteiger partial charge in [-0.2, -0.15) is 0 Å². The van der Waals surface area contributed by atoms with Crippen molar-refractivity contribution in [3.8, 4) is 0 Å². The van der Waals surface area contributed by atoms with Crippen LogP contribution in [0.2, 0.25) is 0 Å². The molecule has 5 nitrogen and oxygen atoms in total. The maximum atomic E-state index is 11.8. The lowest BCUT2D eigenvalue weighted by Gasteiger charge is -2.16. The Morgan fingerprint density at radius 1 is 1.44 bits per heavy atom. The number of likely N-dealkylation sites (tertiary alicyclic amines) is 1. The molecule has 0 spiro atoms. The number of carbonyl (C=O) groups is 1. The van der Waals surface area contributed by atoms with E-state index in [1.54, 1.807) is 4.90 Å². The molecule has 0 aromatic heterocycles. The number of amides is 1. The van der Waals surface area contributed by atoms with Gasteiger partial charge in [0.25, 0.3) is 0 Å². The minimum Gasteiger partial charge on any atom is -0.409 e. The van der Waals surface area contributed by atoms with Crippen LogP contribution in [0, 0.1) is 5.92 Å². The molecule has 1 atom stereocenters. The maximum Gasteiger partial charge on any atom is 0.223 e. The van der Waals surface area contributed by atoms with E-state index in [0.717, 1.165) is 6.42 Å². The van der Waals surface area contributed by atoms with Crippen molar-refractivity contribution >= 4 is 11.7 Å². The Labute approximate surface area is 106 Å². The van der Waals surface area contributed by atoms with E-state index in [1.165, 1.54) is 5.56 Å². The van der Waals surface area contributed by atoms with Gasteiger partial charge in [-0.1, -0.05) is 35.5 Å². The summed E-state index contributed by atoms with van der Waals surface area (Å²) in [5.74, 6) is 0.0614. The fourth-order valence-electron chi connectivity index (χ4n) is 2.18. The molecule has 0 unspecified atom stereocenters. The van der Waals surface area contributed by atoms with Crippen LogP contribution >= 0.6 is 0 Å². The molecule has 1 fully saturated rings. The number of oxime groups is 1. The Balaban J connectivity index is 1.89. The second kappa shape index (κ2) is 5.53. The molecular formula is C13H17N3O2. The summed E-state index contributed by atoms with van der Waals surface area (Å²) in [7, 11) is 0. The second-order valence-electron chi connectivity index (χ2n) is 4.50. The summed E-state index contributed by atoms with van der Waals surface area (Å²) in [6.07, 6.45) is 1.17. The summed E-state index contributed by atoms with van der Waals surface area (Å²) in [6, 6.07) is 10.0. The standard InChI is InChI=1S/C13H17N3O2/c14-13(15-18)11-8-12(17)16(9-11)7-6-10-4-2-1-3-5-10/h1-5,11,18H,6-9H2,(H2,14,15)/t11-/m0/s1. The quantitative estimate of drug-likeness (QED) is 0.358. The number of benzene rings is 1. The highest BCUT2D eigenvalue weighted by atomic mass is 16.4. The number of nitrogens with zero attached hydrogens (tertiary/aromatic N) is 2. The molecule has 2 rings (SSSR count). The summed E-state index contributed by atoms with van der Waals surface area (Å²) in [6.45, 7) is 1.22. The van der Waals surface area contributed by atoms with Crippen LogP contribution in [0.1, 0.15) is 12.0 Å². The molecule has 1 saturated heterocycles. The first kappa shape index (κ1) is 12.4. The molecule has 0 saturated carbocycles. The topological polar surface area (TPSA) is 78.9 Å². The van der Waals surface area contributed by atoms with Crippen molar-refractivity contribution in [3.05, 3.63) is 35.9 Å². The van der Waals surface area contributed by atoms with E-state index >= 15 is 0 Å². The van der Waals surface area contributed by atoms with Gasteiger partial charge in [0.05, 0.1) is 0 Å². The molecule has 1 aliphatic rings. The Kier molecular flexibility index (Phi) is 3.82. The number of amidine groups is 1. The zero-order valence-electron chi connectivity index (χ0n) is 10.1. The van der Waals surface area contributed by atoms with Gasteiger partial charge in [-0.05, 0) is 12.0 Å². The highest BCUT2D eigenvalue weighted by Crippen LogP contribution is 2.18. The predicted molar refractivity (Wildman–Crippen MR) is 68.2 cm³/mol. The molecule has 1 aromatic carbocycles. The van der Waals surface area contributed by atoms with Crippen molar-refractivity contribution in [2.45, 2.75) is 12.8 Å². The van der Waals surface area contributed by atoms with Crippen molar-refractivity contribution in [2.75, 3.05) is 13.1 Å². The first-order chi connectivity index (χ1) is 8.70. The van der Waals surface area contributed by atoms with Crippen LogP contribution in [-0.2, 0) is 11.2 Å². The zero-order valence-corrected chi connectivity index (χ0v) is 10.1. The Bertz CT molecular complexity index is 445. The van der Waals surface area contributed by atoms with Gasteiger partial charge in [-0.15, -0.1) is 0 Å². The van der Waals surface area contributed by atoms with Crippen molar-refractivity contribution in [1.82, 2.24) is 4.90 Å². The first-order valence-electron chi connectivity index (χ1n) is 6.00. The first-order valence-corrected chi connectivity index (χ1v) is 6.00. The number of nitrogens with two attached hydrogens (primary N) is 1. The van der Waals surface area contributed by atoms with E-state index in [9.17, 15) is 4.79 Å². The van der Waals surface area contributed by atoms with Gasteiger partial charge in [-0.3, -0.25) is 4.79 Å². The largest absolute Gasteiger partial charge is 0.409 e. The van der Waals surface area contributed by atoms with Crippen LogP contribution in [0.15, 0.2) is 35.5 Å². The summed E-state index contributed by atoms with van der Waals surface area (Å²) in [5, 5.41) is 11.6. The summed E-state index contributed by atoms with van der Waals surface area (Å²) in [4.78, 5) is 13.5. The molecule has 0 aliphatic carbocycles. The third-order valence-corrected chi connectivity index (χ3v) is 3.26. The maximum absolute atomic E-state index is 11.8. The average Bonchev–Trinajstić information content (AvgIpc) is 2.78. The fraction of sp³-hybridized carbons (Fsp3) is 0.385. The van der Waals surface area contributed by atoms with E-state index in [4.69, 9.17) is 10.9 Å². The van der Waals surface area contributed by atoms with Crippen molar-refractivity contribution in [2.24, 2.45) is 16.8 Å². The van der Waals surface area contributed by atoms with Crippen molar-refractivity contribution in [1.29, 1.82) is 0 Å². The normalized spacial score (nSPS) is 20.4. The van der Waals surface area contributed by atoms with E-state index < -0.39 is 0 Å². The van der Waals surface area contributed by atoms with Gasteiger partial charge in [-0.25, -0.2) is 0 Å². The third-order valence-electron chi connectivity index (χ3n) is 3.26. The molecule has 18 heavy (non-hydrogen) atoms. The number of hydrogen-bond acceptors (Lipinski definition) is 3. The molecule has 1 amide bonds. The van der Waals surface area contributed by atoms with Gasteiger partial charge in [0.1, 0.15) is 5.84 Å².